The molecule has 0 aliphatic carbocycles. The zero-order valence-electron chi connectivity index (χ0n) is 14.2. The number of nitro benzene ring substituents is 1. The van der Waals surface area contributed by atoms with E-state index in [9.17, 15) is 14.9 Å². The maximum Gasteiger partial charge on any atom is 0.303 e. The van der Waals surface area contributed by atoms with Crippen LogP contribution >= 0.6 is 0 Å². The summed E-state index contributed by atoms with van der Waals surface area (Å²) in [4.78, 5) is 28.2. The molecule has 2 aromatic heterocycles. The number of carbonyl (C=O) groups is 1. The van der Waals surface area contributed by atoms with Gasteiger partial charge in [0.15, 0.2) is 5.65 Å². The number of morpholine rings is 1. The van der Waals surface area contributed by atoms with Gasteiger partial charge in [-0.05, 0) is 6.07 Å². The first-order chi connectivity index (χ1) is 13.0. The highest BCUT2D eigenvalue weighted by atomic mass is 16.6. The van der Waals surface area contributed by atoms with Crippen LogP contribution in [-0.2, 0) is 16.0 Å². The molecule has 1 aromatic carbocycles. The third-order valence-electron chi connectivity index (χ3n) is 4.50. The highest BCUT2D eigenvalue weighted by Gasteiger charge is 2.24. The van der Waals surface area contributed by atoms with Gasteiger partial charge in [-0.15, -0.1) is 10.2 Å². The van der Waals surface area contributed by atoms with Crippen molar-refractivity contribution in [2.45, 2.75) is 12.8 Å². The maximum atomic E-state index is 11.6. The van der Waals surface area contributed by atoms with Crippen LogP contribution in [0.2, 0.25) is 0 Å². The van der Waals surface area contributed by atoms with E-state index < -0.39 is 10.9 Å². The fourth-order valence-electron chi connectivity index (χ4n) is 3.23. The SMILES string of the molecule is O=C(O)CCc1nnc2cnc3cc([N+](=O)[O-])c(N4CCOCC4)cc3n12. The van der Waals surface area contributed by atoms with Gasteiger partial charge in [0.05, 0.1) is 41.8 Å². The molecule has 11 heteroatoms. The predicted octanol–water partition coefficient (Wildman–Crippen LogP) is 1.04. The van der Waals surface area contributed by atoms with Crippen molar-refractivity contribution in [3.05, 3.63) is 34.3 Å². The van der Waals surface area contributed by atoms with Crippen LogP contribution in [0, 0.1) is 10.1 Å². The minimum atomic E-state index is -0.935. The van der Waals surface area contributed by atoms with Crippen molar-refractivity contribution in [2.75, 3.05) is 31.2 Å². The van der Waals surface area contributed by atoms with E-state index in [1.54, 1.807) is 10.5 Å². The molecule has 0 spiro atoms. The van der Waals surface area contributed by atoms with Crippen LogP contribution in [0.25, 0.3) is 16.7 Å². The summed E-state index contributed by atoms with van der Waals surface area (Å²) in [5.74, 6) is -0.462. The minimum Gasteiger partial charge on any atom is -0.481 e. The van der Waals surface area contributed by atoms with Crippen molar-refractivity contribution in [3.63, 3.8) is 0 Å². The van der Waals surface area contributed by atoms with Gasteiger partial charge in [0, 0.05) is 25.6 Å². The lowest BCUT2D eigenvalue weighted by Crippen LogP contribution is -2.36. The van der Waals surface area contributed by atoms with Crippen LogP contribution in [0.1, 0.15) is 12.2 Å². The Morgan fingerprint density at radius 2 is 2.07 bits per heavy atom. The summed E-state index contributed by atoms with van der Waals surface area (Å²) in [6.07, 6.45) is 1.57. The molecule has 140 valence electrons. The van der Waals surface area contributed by atoms with Gasteiger partial charge in [0.2, 0.25) is 0 Å². The number of hydrogen-bond donors (Lipinski definition) is 1. The zero-order valence-corrected chi connectivity index (χ0v) is 14.2. The van der Waals surface area contributed by atoms with E-state index in [4.69, 9.17) is 9.84 Å². The first-order valence-corrected chi connectivity index (χ1v) is 8.40. The average molecular weight is 372 g/mol. The molecule has 0 radical (unpaired) electrons. The molecule has 0 bridgehead atoms. The van der Waals surface area contributed by atoms with Crippen LogP contribution in [0.15, 0.2) is 18.3 Å². The van der Waals surface area contributed by atoms with Crippen molar-refractivity contribution in [1.82, 2.24) is 19.6 Å². The molecule has 3 heterocycles. The van der Waals surface area contributed by atoms with Gasteiger partial charge in [-0.3, -0.25) is 24.3 Å². The van der Waals surface area contributed by atoms with Crippen LogP contribution in [-0.4, -0.2) is 61.9 Å². The fourth-order valence-corrected chi connectivity index (χ4v) is 3.23. The van der Waals surface area contributed by atoms with Gasteiger partial charge in [0.1, 0.15) is 11.5 Å². The summed E-state index contributed by atoms with van der Waals surface area (Å²) in [5, 5.41) is 28.6. The number of anilines is 1. The Kier molecular flexibility index (Phi) is 4.28. The van der Waals surface area contributed by atoms with Gasteiger partial charge in [0.25, 0.3) is 5.69 Å². The van der Waals surface area contributed by atoms with Gasteiger partial charge >= 0.3 is 5.97 Å². The van der Waals surface area contributed by atoms with E-state index in [2.05, 4.69) is 15.2 Å². The molecule has 0 amide bonds. The number of carboxylic acids is 1. The largest absolute Gasteiger partial charge is 0.481 e. The lowest BCUT2D eigenvalue weighted by Gasteiger charge is -2.28. The predicted molar refractivity (Wildman–Crippen MR) is 93.9 cm³/mol. The number of aryl methyl sites for hydroxylation is 1. The minimum absolute atomic E-state index is 0.0311. The number of aromatic nitrogens is 4. The van der Waals surface area contributed by atoms with Gasteiger partial charge < -0.3 is 14.7 Å². The van der Waals surface area contributed by atoms with E-state index in [0.29, 0.717) is 54.5 Å². The van der Waals surface area contributed by atoms with E-state index in [1.165, 1.54) is 12.3 Å². The van der Waals surface area contributed by atoms with Crippen molar-refractivity contribution in [2.24, 2.45) is 0 Å². The number of nitrogens with zero attached hydrogens (tertiary/aromatic N) is 6. The number of aliphatic carboxylic acids is 1. The molecule has 1 aliphatic rings. The van der Waals surface area contributed by atoms with E-state index >= 15 is 0 Å². The second kappa shape index (κ2) is 6.76. The molecule has 0 saturated carbocycles. The standard InChI is InChI=1S/C16H16N6O5/c23-16(24)2-1-14-18-19-15-9-17-10-7-13(22(25)26)12(8-11(10)21(14)15)20-3-5-27-6-4-20/h7-9H,1-6H2,(H,23,24). The van der Waals surface area contributed by atoms with Crippen molar-refractivity contribution < 1.29 is 19.6 Å². The second-order valence-corrected chi connectivity index (χ2v) is 6.15. The monoisotopic (exact) mass is 372 g/mol. The summed E-state index contributed by atoms with van der Waals surface area (Å²) in [7, 11) is 0. The smallest absolute Gasteiger partial charge is 0.303 e. The zero-order chi connectivity index (χ0) is 19.0. The molecule has 1 aliphatic heterocycles. The highest BCUT2D eigenvalue weighted by molar-refractivity contribution is 5.87. The molecule has 1 saturated heterocycles. The van der Waals surface area contributed by atoms with E-state index in [-0.39, 0.29) is 18.5 Å². The number of rotatable bonds is 5. The van der Waals surface area contributed by atoms with Gasteiger partial charge in [-0.1, -0.05) is 0 Å². The number of ether oxygens (including phenoxy) is 1. The number of nitro groups is 1. The summed E-state index contributed by atoms with van der Waals surface area (Å²) in [6, 6.07) is 3.13. The topological polar surface area (TPSA) is 136 Å². The number of fused-ring (bicyclic) bond motifs is 3. The molecule has 1 fully saturated rings. The van der Waals surface area contributed by atoms with Gasteiger partial charge in [-0.25, -0.2) is 0 Å². The van der Waals surface area contributed by atoms with Crippen molar-refractivity contribution in [1.29, 1.82) is 0 Å². The molecule has 3 aromatic rings. The highest BCUT2D eigenvalue weighted by Crippen LogP contribution is 2.33. The average Bonchev–Trinajstić information content (AvgIpc) is 3.09. The maximum absolute atomic E-state index is 11.6. The normalized spacial score (nSPS) is 14.7. The first kappa shape index (κ1) is 17.1. The molecule has 11 nitrogen and oxygen atoms in total. The summed E-state index contributed by atoms with van der Waals surface area (Å²) in [6.45, 7) is 2.08. The molecule has 4 rings (SSSR count). The molecule has 0 unspecified atom stereocenters. The Morgan fingerprint density at radius 1 is 1.30 bits per heavy atom. The van der Waals surface area contributed by atoms with Gasteiger partial charge in [-0.2, -0.15) is 0 Å². The van der Waals surface area contributed by atoms with E-state index in [0.717, 1.165) is 0 Å². The van der Waals surface area contributed by atoms with E-state index in [1.807, 2.05) is 4.90 Å². The van der Waals surface area contributed by atoms with Crippen LogP contribution in [0.5, 0.6) is 0 Å². The van der Waals surface area contributed by atoms with Crippen LogP contribution in [0.3, 0.4) is 0 Å². The molecular formula is C16H16N6O5. The Morgan fingerprint density at radius 3 is 2.78 bits per heavy atom. The Labute approximate surface area is 152 Å². The summed E-state index contributed by atoms with van der Waals surface area (Å²) >= 11 is 0. The Bertz CT molecular complexity index is 1040. The summed E-state index contributed by atoms with van der Waals surface area (Å²) in [5.41, 5.74) is 1.93. The fraction of sp³-hybridized carbons (Fsp3) is 0.375. The quantitative estimate of drug-likeness (QED) is 0.514. The van der Waals surface area contributed by atoms with Crippen LogP contribution in [0.4, 0.5) is 11.4 Å². The molecule has 0 atom stereocenters. The van der Waals surface area contributed by atoms with Crippen LogP contribution < -0.4 is 4.90 Å². The first-order valence-electron chi connectivity index (χ1n) is 8.40. The lowest BCUT2D eigenvalue weighted by atomic mass is 10.2. The lowest BCUT2D eigenvalue weighted by molar-refractivity contribution is -0.384. The Balaban J connectivity index is 1.92. The molecule has 1 N–H and O–H groups in total. The second-order valence-electron chi connectivity index (χ2n) is 6.15. The number of benzene rings is 1. The number of hydrogen-bond acceptors (Lipinski definition) is 8. The molecular weight excluding hydrogens is 356 g/mol. The van der Waals surface area contributed by atoms with Crippen molar-refractivity contribution >= 4 is 34.0 Å². The van der Waals surface area contributed by atoms with Crippen molar-refractivity contribution in [3.8, 4) is 0 Å². The third-order valence-corrected chi connectivity index (χ3v) is 4.50. The summed E-state index contributed by atoms with van der Waals surface area (Å²) < 4.78 is 7.04. The Hall–Kier alpha value is -3.34. The number of carboxylic acid groups (broad SMARTS) is 1. The molecule has 27 heavy (non-hydrogen) atoms. The third kappa shape index (κ3) is 3.12.